The van der Waals surface area contributed by atoms with Gasteiger partial charge in [-0.05, 0) is 29.7 Å². The third-order valence-corrected chi connectivity index (χ3v) is 3.82. The third-order valence-electron chi connectivity index (χ3n) is 3.59. The van der Waals surface area contributed by atoms with E-state index in [4.69, 9.17) is 16.3 Å². The van der Waals surface area contributed by atoms with E-state index in [2.05, 4.69) is 5.32 Å². The molecule has 0 bridgehead atoms. The fourth-order valence-corrected chi connectivity index (χ4v) is 2.83. The minimum Gasteiger partial charge on any atom is -0.468 e. The zero-order valence-electron chi connectivity index (χ0n) is 8.92. The molecule has 1 aliphatic heterocycles. The molecule has 3 rings (SSSR count). The fourth-order valence-electron chi connectivity index (χ4n) is 2.63. The van der Waals surface area contributed by atoms with Crippen LogP contribution in [0.15, 0.2) is 18.2 Å². The number of rotatable bonds is 1. The smallest absolute Gasteiger partial charge is 0.326 e. The van der Waals surface area contributed by atoms with Gasteiger partial charge in [-0.15, -0.1) is 0 Å². The van der Waals surface area contributed by atoms with Crippen LogP contribution in [0.3, 0.4) is 0 Å². The molecule has 0 amide bonds. The maximum Gasteiger partial charge on any atom is 0.326 e. The van der Waals surface area contributed by atoms with Gasteiger partial charge in [-0.2, -0.15) is 0 Å². The summed E-state index contributed by atoms with van der Waals surface area (Å²) in [5.74, 6) is 0.0964. The van der Waals surface area contributed by atoms with Crippen LogP contribution >= 0.6 is 11.6 Å². The van der Waals surface area contributed by atoms with Crippen LogP contribution in [0.1, 0.15) is 23.5 Å². The fraction of sp³-hybridized carbons (Fsp3) is 0.417. The van der Waals surface area contributed by atoms with Crippen LogP contribution in [0.5, 0.6) is 0 Å². The van der Waals surface area contributed by atoms with Crippen molar-refractivity contribution in [3.63, 3.8) is 0 Å². The Kier molecular flexibility index (Phi) is 2.03. The predicted molar refractivity (Wildman–Crippen MR) is 60.4 cm³/mol. The van der Waals surface area contributed by atoms with E-state index >= 15 is 0 Å². The minimum absolute atomic E-state index is 0.155. The Hall–Kier alpha value is -1.06. The van der Waals surface area contributed by atoms with E-state index in [1.165, 1.54) is 18.2 Å². The van der Waals surface area contributed by atoms with Crippen LogP contribution in [0.25, 0.3) is 0 Å². The predicted octanol–water partition coefficient (Wildman–Crippen LogP) is 1.84. The van der Waals surface area contributed by atoms with Crippen LogP contribution in [-0.2, 0) is 16.1 Å². The van der Waals surface area contributed by atoms with Gasteiger partial charge >= 0.3 is 5.97 Å². The van der Waals surface area contributed by atoms with E-state index in [1.807, 2.05) is 18.2 Å². The molecule has 0 aromatic heterocycles. The first-order chi connectivity index (χ1) is 7.67. The van der Waals surface area contributed by atoms with Crippen LogP contribution in [0, 0.1) is 0 Å². The molecule has 2 aliphatic rings. The quantitative estimate of drug-likeness (QED) is 0.758. The molecule has 1 aromatic carbocycles. The molecule has 1 N–H and O–H groups in total. The topological polar surface area (TPSA) is 38.3 Å². The highest BCUT2D eigenvalue weighted by molar-refractivity contribution is 6.30. The summed E-state index contributed by atoms with van der Waals surface area (Å²) >= 11 is 5.94. The Balaban J connectivity index is 1.98. The van der Waals surface area contributed by atoms with Crippen molar-refractivity contribution in [1.82, 2.24) is 5.32 Å². The summed E-state index contributed by atoms with van der Waals surface area (Å²) < 4.78 is 4.85. The van der Waals surface area contributed by atoms with Crippen LogP contribution in [0.2, 0.25) is 5.02 Å². The highest BCUT2D eigenvalue weighted by atomic mass is 35.5. The number of fused-ring (bicyclic) bond motifs is 3. The van der Waals surface area contributed by atoms with Gasteiger partial charge in [0.2, 0.25) is 0 Å². The minimum atomic E-state index is -0.463. The number of carbonyl (C=O) groups excluding carboxylic acids is 1. The summed E-state index contributed by atoms with van der Waals surface area (Å²) in [5, 5.41) is 4.01. The van der Waals surface area contributed by atoms with Crippen LogP contribution in [0.4, 0.5) is 0 Å². The zero-order chi connectivity index (χ0) is 11.3. The standard InChI is InChI=1S/C12H12ClNO2/c1-16-11(15)12-5-10(12)9-3-2-8(13)4-7(9)6-14-12/h2-4,10,14H,5-6H2,1H3. The van der Waals surface area contributed by atoms with Crippen molar-refractivity contribution in [3.8, 4) is 0 Å². The summed E-state index contributed by atoms with van der Waals surface area (Å²) in [6.07, 6.45) is 0.828. The second-order valence-corrected chi connectivity index (χ2v) is 4.85. The number of ether oxygens (including phenoxy) is 1. The monoisotopic (exact) mass is 237 g/mol. The molecule has 2 atom stereocenters. The molecule has 1 aromatic rings. The summed E-state index contributed by atoms with van der Waals surface area (Å²) in [6, 6.07) is 5.86. The summed E-state index contributed by atoms with van der Waals surface area (Å²) in [5.41, 5.74) is 1.96. The Morgan fingerprint density at radius 1 is 1.62 bits per heavy atom. The molecule has 84 valence electrons. The van der Waals surface area contributed by atoms with Crippen molar-refractivity contribution >= 4 is 17.6 Å². The molecule has 0 spiro atoms. The summed E-state index contributed by atoms with van der Waals surface area (Å²) in [7, 11) is 1.44. The average Bonchev–Trinajstić information content (AvgIpc) is 3.03. The van der Waals surface area contributed by atoms with Crippen molar-refractivity contribution in [2.75, 3.05) is 7.11 Å². The third kappa shape index (κ3) is 1.22. The van der Waals surface area contributed by atoms with Gasteiger partial charge in [0.1, 0.15) is 5.54 Å². The first-order valence-corrected chi connectivity index (χ1v) is 5.67. The van der Waals surface area contributed by atoms with Crippen molar-refractivity contribution < 1.29 is 9.53 Å². The lowest BCUT2D eigenvalue weighted by Gasteiger charge is -2.24. The Labute approximate surface area is 98.7 Å². The van der Waals surface area contributed by atoms with Crippen LogP contribution < -0.4 is 5.32 Å². The summed E-state index contributed by atoms with van der Waals surface area (Å²) in [4.78, 5) is 11.7. The molecule has 4 heteroatoms. The van der Waals surface area contributed by atoms with Gasteiger partial charge < -0.3 is 4.74 Å². The highest BCUT2D eigenvalue weighted by Gasteiger charge is 2.63. The molecule has 3 nitrogen and oxygen atoms in total. The largest absolute Gasteiger partial charge is 0.468 e. The van der Waals surface area contributed by atoms with E-state index in [1.54, 1.807) is 0 Å². The van der Waals surface area contributed by atoms with E-state index in [0.29, 0.717) is 6.54 Å². The van der Waals surface area contributed by atoms with E-state index in [9.17, 15) is 4.79 Å². The molecule has 1 saturated carbocycles. The number of hydrogen-bond donors (Lipinski definition) is 1. The first kappa shape index (κ1) is 10.1. The van der Waals surface area contributed by atoms with Gasteiger partial charge in [-0.1, -0.05) is 17.7 Å². The van der Waals surface area contributed by atoms with Gasteiger partial charge in [0, 0.05) is 17.5 Å². The van der Waals surface area contributed by atoms with E-state index < -0.39 is 5.54 Å². The first-order valence-electron chi connectivity index (χ1n) is 5.29. The maximum absolute atomic E-state index is 11.7. The lowest BCUT2D eigenvalue weighted by atomic mass is 9.96. The Morgan fingerprint density at radius 2 is 2.44 bits per heavy atom. The second kappa shape index (κ2) is 3.22. The molecule has 1 aliphatic carbocycles. The molecule has 1 heterocycles. The van der Waals surface area contributed by atoms with Crippen molar-refractivity contribution in [3.05, 3.63) is 34.3 Å². The number of carbonyl (C=O) groups is 1. The molecular formula is C12H12ClNO2. The average molecular weight is 238 g/mol. The van der Waals surface area contributed by atoms with Crippen LogP contribution in [-0.4, -0.2) is 18.6 Å². The molecule has 16 heavy (non-hydrogen) atoms. The van der Waals surface area contributed by atoms with E-state index in [-0.39, 0.29) is 11.9 Å². The van der Waals surface area contributed by atoms with Gasteiger partial charge in [-0.25, -0.2) is 0 Å². The lowest BCUT2D eigenvalue weighted by Crippen LogP contribution is -2.43. The highest BCUT2D eigenvalue weighted by Crippen LogP contribution is 2.55. The van der Waals surface area contributed by atoms with Crippen molar-refractivity contribution in [1.29, 1.82) is 0 Å². The Bertz CT molecular complexity index is 474. The number of benzene rings is 1. The molecule has 0 saturated heterocycles. The number of nitrogens with one attached hydrogen (secondary N) is 1. The maximum atomic E-state index is 11.7. The van der Waals surface area contributed by atoms with Gasteiger partial charge in [0.15, 0.2) is 0 Å². The zero-order valence-corrected chi connectivity index (χ0v) is 9.67. The number of halogens is 1. The van der Waals surface area contributed by atoms with Crippen molar-refractivity contribution in [2.45, 2.75) is 24.4 Å². The summed E-state index contributed by atoms with van der Waals surface area (Å²) in [6.45, 7) is 0.682. The molecular weight excluding hydrogens is 226 g/mol. The lowest BCUT2D eigenvalue weighted by molar-refractivity contribution is -0.144. The normalized spacial score (nSPS) is 30.2. The van der Waals surface area contributed by atoms with Gasteiger partial charge in [-0.3, -0.25) is 10.1 Å². The van der Waals surface area contributed by atoms with Crippen molar-refractivity contribution in [2.24, 2.45) is 0 Å². The number of hydrogen-bond acceptors (Lipinski definition) is 3. The SMILES string of the molecule is COC(=O)C12CC1c1ccc(Cl)cc1CN2. The number of methoxy groups -OCH3 is 1. The number of esters is 1. The second-order valence-electron chi connectivity index (χ2n) is 4.42. The molecule has 0 radical (unpaired) electrons. The van der Waals surface area contributed by atoms with Gasteiger partial charge in [0.05, 0.1) is 7.11 Å². The molecule has 2 unspecified atom stereocenters. The van der Waals surface area contributed by atoms with Gasteiger partial charge in [0.25, 0.3) is 0 Å². The van der Waals surface area contributed by atoms with E-state index in [0.717, 1.165) is 11.4 Å². The molecule has 1 fully saturated rings. The Morgan fingerprint density at radius 3 is 3.19 bits per heavy atom.